The number of pyridine rings is 1. The van der Waals surface area contributed by atoms with Gasteiger partial charge in [-0.05, 0) is 69.5 Å². The minimum atomic E-state index is -0.289. The fourth-order valence-corrected chi connectivity index (χ4v) is 5.97. The molecule has 5 heterocycles. The van der Waals surface area contributed by atoms with Crippen LogP contribution in [0.4, 0.5) is 4.39 Å². The zero-order valence-corrected chi connectivity index (χ0v) is 20.6. The molecule has 0 bridgehead atoms. The van der Waals surface area contributed by atoms with E-state index < -0.39 is 0 Å². The van der Waals surface area contributed by atoms with Gasteiger partial charge < -0.3 is 14.8 Å². The minimum Gasteiger partial charge on any atom is -0.387 e. The Hall–Kier alpha value is -3.26. The maximum atomic E-state index is 13.9. The van der Waals surface area contributed by atoms with Gasteiger partial charge in [0.15, 0.2) is 5.82 Å². The molecule has 2 fully saturated rings. The molecule has 0 aliphatic carbocycles. The molecule has 7 nitrogen and oxygen atoms in total. The lowest BCUT2D eigenvalue weighted by Crippen LogP contribution is -2.46. The molecule has 3 aliphatic heterocycles. The Morgan fingerprint density at radius 3 is 2.61 bits per heavy atom. The van der Waals surface area contributed by atoms with Crippen LogP contribution in [0.25, 0.3) is 22.6 Å². The van der Waals surface area contributed by atoms with Crippen molar-refractivity contribution in [1.82, 2.24) is 29.7 Å². The van der Waals surface area contributed by atoms with Crippen LogP contribution < -0.4 is 5.32 Å². The summed E-state index contributed by atoms with van der Waals surface area (Å²) >= 11 is 0. The van der Waals surface area contributed by atoms with Crippen molar-refractivity contribution in [2.45, 2.75) is 38.1 Å². The number of hydrogen-bond donors (Lipinski definition) is 1. The second-order valence-electron chi connectivity index (χ2n) is 10.2. The Morgan fingerprint density at radius 1 is 1.06 bits per heavy atom. The maximum absolute atomic E-state index is 13.9. The van der Waals surface area contributed by atoms with Crippen LogP contribution in [0, 0.1) is 11.7 Å². The first kappa shape index (κ1) is 23.2. The van der Waals surface area contributed by atoms with Gasteiger partial charge in [0.2, 0.25) is 5.91 Å². The number of imidazole rings is 1. The van der Waals surface area contributed by atoms with Crippen LogP contribution in [0.5, 0.6) is 0 Å². The molecule has 1 amide bonds. The van der Waals surface area contributed by atoms with Crippen molar-refractivity contribution < 1.29 is 9.18 Å². The van der Waals surface area contributed by atoms with Gasteiger partial charge in [0.05, 0.1) is 11.0 Å². The molecule has 6 rings (SSSR count). The molecule has 8 heteroatoms. The summed E-state index contributed by atoms with van der Waals surface area (Å²) < 4.78 is 16.2. The predicted molar refractivity (Wildman–Crippen MR) is 138 cm³/mol. The maximum Gasteiger partial charge on any atom is 0.225 e. The number of piperidine rings is 2. The standard InChI is InChI=1S/C28H33FN6O/c29-21-6-7-26-25(18-21)32-27(24-5-1-2-12-31-24)35(26)23-10-16-34(17-11-23)28(36)20-8-14-33(15-9-20)19-22-4-3-13-30-22/h1-2,4-7,12,18,20,23,30H,3,8-11,13-17,19H2. The average molecular weight is 489 g/mol. The minimum absolute atomic E-state index is 0.129. The van der Waals surface area contributed by atoms with Crippen LogP contribution in [0.15, 0.2) is 54.4 Å². The monoisotopic (exact) mass is 488 g/mol. The Morgan fingerprint density at radius 2 is 1.89 bits per heavy atom. The predicted octanol–water partition coefficient (Wildman–Crippen LogP) is 3.99. The van der Waals surface area contributed by atoms with Crippen LogP contribution in [0.2, 0.25) is 0 Å². The third-order valence-electron chi connectivity index (χ3n) is 7.90. The van der Waals surface area contributed by atoms with E-state index in [2.05, 4.69) is 30.7 Å². The summed E-state index contributed by atoms with van der Waals surface area (Å²) in [6, 6.07) is 10.8. The van der Waals surface area contributed by atoms with Gasteiger partial charge >= 0.3 is 0 Å². The van der Waals surface area contributed by atoms with Crippen molar-refractivity contribution in [2.75, 3.05) is 39.3 Å². The number of carbonyl (C=O) groups excluding carboxylic acids is 1. The summed E-state index contributed by atoms with van der Waals surface area (Å²) in [5.74, 6) is 0.917. The Kier molecular flexibility index (Phi) is 6.44. The highest BCUT2D eigenvalue weighted by Crippen LogP contribution is 2.34. The zero-order valence-electron chi connectivity index (χ0n) is 20.6. The van der Waals surface area contributed by atoms with Crippen molar-refractivity contribution in [3.05, 3.63) is 60.2 Å². The van der Waals surface area contributed by atoms with Crippen LogP contribution in [-0.4, -0.2) is 69.5 Å². The summed E-state index contributed by atoms with van der Waals surface area (Å²) in [6.07, 6.45) is 8.75. The van der Waals surface area contributed by atoms with Gasteiger partial charge in [-0.25, -0.2) is 9.37 Å². The highest BCUT2D eigenvalue weighted by Gasteiger charge is 2.32. The van der Waals surface area contributed by atoms with Gasteiger partial charge in [0, 0.05) is 56.1 Å². The molecule has 0 spiro atoms. The number of nitrogens with zero attached hydrogens (tertiary/aromatic N) is 5. The third kappa shape index (κ3) is 4.62. The Labute approximate surface area is 211 Å². The van der Waals surface area contributed by atoms with E-state index in [1.54, 1.807) is 6.20 Å². The lowest BCUT2D eigenvalue weighted by Gasteiger charge is -2.38. The molecule has 2 saturated heterocycles. The number of benzene rings is 1. The lowest BCUT2D eigenvalue weighted by molar-refractivity contribution is -0.138. The quantitative estimate of drug-likeness (QED) is 0.588. The number of amides is 1. The highest BCUT2D eigenvalue weighted by atomic mass is 19.1. The van der Waals surface area contributed by atoms with E-state index in [0.717, 1.165) is 88.4 Å². The third-order valence-corrected chi connectivity index (χ3v) is 7.90. The fourth-order valence-electron chi connectivity index (χ4n) is 5.97. The normalized spacial score (nSPS) is 20.0. The first-order valence-electron chi connectivity index (χ1n) is 13.2. The number of hydrogen-bond acceptors (Lipinski definition) is 5. The number of fused-ring (bicyclic) bond motifs is 1. The zero-order chi connectivity index (χ0) is 24.5. The van der Waals surface area contributed by atoms with Gasteiger partial charge in [0.25, 0.3) is 0 Å². The average Bonchev–Trinajstić information content (AvgIpc) is 3.57. The molecule has 0 saturated carbocycles. The van der Waals surface area contributed by atoms with Crippen molar-refractivity contribution in [2.24, 2.45) is 5.92 Å². The van der Waals surface area contributed by atoms with Gasteiger partial charge in [-0.15, -0.1) is 0 Å². The number of rotatable bonds is 5. The van der Waals surface area contributed by atoms with E-state index in [9.17, 15) is 9.18 Å². The molecule has 0 atom stereocenters. The van der Waals surface area contributed by atoms with Crippen molar-refractivity contribution >= 4 is 16.9 Å². The molecule has 36 heavy (non-hydrogen) atoms. The molecule has 1 aromatic carbocycles. The fraction of sp³-hybridized carbons (Fsp3) is 0.464. The first-order valence-corrected chi connectivity index (χ1v) is 13.2. The summed E-state index contributed by atoms with van der Waals surface area (Å²) in [4.78, 5) is 27.1. The second kappa shape index (κ2) is 10.0. The molecule has 0 unspecified atom stereocenters. The van der Waals surface area contributed by atoms with Crippen LogP contribution in [-0.2, 0) is 4.79 Å². The molecule has 2 aromatic heterocycles. The summed E-state index contributed by atoms with van der Waals surface area (Å²) in [6.45, 7) is 5.48. The largest absolute Gasteiger partial charge is 0.387 e. The second-order valence-corrected chi connectivity index (χ2v) is 10.2. The molecule has 0 radical (unpaired) electrons. The smallest absolute Gasteiger partial charge is 0.225 e. The number of likely N-dealkylation sites (tertiary alicyclic amines) is 2. The summed E-state index contributed by atoms with van der Waals surface area (Å²) in [5.41, 5.74) is 3.68. The van der Waals surface area contributed by atoms with Crippen LogP contribution in [0.1, 0.15) is 38.1 Å². The van der Waals surface area contributed by atoms with Crippen molar-refractivity contribution in [3.8, 4) is 11.5 Å². The Bertz CT molecular complexity index is 1260. The van der Waals surface area contributed by atoms with Crippen LogP contribution in [0.3, 0.4) is 0 Å². The van der Waals surface area contributed by atoms with E-state index in [1.807, 2.05) is 24.3 Å². The summed E-state index contributed by atoms with van der Waals surface area (Å²) in [7, 11) is 0. The van der Waals surface area contributed by atoms with Gasteiger partial charge in [0.1, 0.15) is 11.5 Å². The van der Waals surface area contributed by atoms with E-state index in [1.165, 1.54) is 17.8 Å². The molecular weight excluding hydrogens is 455 g/mol. The van der Waals surface area contributed by atoms with Gasteiger partial charge in [-0.2, -0.15) is 0 Å². The first-order chi connectivity index (χ1) is 17.7. The van der Waals surface area contributed by atoms with Gasteiger partial charge in [-0.3, -0.25) is 14.7 Å². The number of aromatic nitrogens is 3. The number of nitrogens with one attached hydrogen (secondary N) is 1. The number of carbonyl (C=O) groups is 1. The molecular formula is C28H33FN6O. The SMILES string of the molecule is O=C(C1CCN(CC2=CCCN2)CC1)N1CCC(n2c(-c3ccccn3)nc3cc(F)ccc32)CC1. The van der Waals surface area contributed by atoms with E-state index in [0.29, 0.717) is 11.4 Å². The topological polar surface area (TPSA) is 66.3 Å². The number of halogens is 1. The van der Waals surface area contributed by atoms with E-state index >= 15 is 0 Å². The molecule has 3 aromatic rings. The van der Waals surface area contributed by atoms with E-state index in [4.69, 9.17) is 4.98 Å². The summed E-state index contributed by atoms with van der Waals surface area (Å²) in [5, 5.41) is 3.45. The van der Waals surface area contributed by atoms with Crippen molar-refractivity contribution in [1.29, 1.82) is 0 Å². The van der Waals surface area contributed by atoms with Crippen molar-refractivity contribution in [3.63, 3.8) is 0 Å². The molecule has 188 valence electrons. The van der Waals surface area contributed by atoms with Crippen LogP contribution >= 0.6 is 0 Å². The Balaban J connectivity index is 1.12. The van der Waals surface area contributed by atoms with Gasteiger partial charge in [-0.1, -0.05) is 12.1 Å². The van der Waals surface area contributed by atoms with E-state index in [-0.39, 0.29) is 17.8 Å². The molecule has 1 N–H and O–H groups in total. The molecule has 3 aliphatic rings. The lowest BCUT2D eigenvalue weighted by atomic mass is 9.93. The highest BCUT2D eigenvalue weighted by molar-refractivity contribution is 5.81.